The van der Waals surface area contributed by atoms with Gasteiger partial charge in [0.05, 0.1) is 11.6 Å². The van der Waals surface area contributed by atoms with Crippen LogP contribution in [0.1, 0.15) is 5.56 Å². The van der Waals surface area contributed by atoms with E-state index in [4.69, 9.17) is 12.2 Å². The molecule has 0 atom stereocenters. The second kappa shape index (κ2) is 8.62. The molecule has 0 spiro atoms. The molecule has 4 rings (SSSR count). The normalized spacial score (nSPS) is 16.0. The molecule has 164 valence electrons. The molecule has 0 N–H and O–H groups in total. The highest BCUT2D eigenvalue weighted by molar-refractivity contribution is 7.89. The van der Waals surface area contributed by atoms with E-state index in [1.54, 1.807) is 33.5 Å². The van der Waals surface area contributed by atoms with Crippen LogP contribution in [0.3, 0.4) is 0 Å². The summed E-state index contributed by atoms with van der Waals surface area (Å²) in [5, 5.41) is 4.61. The summed E-state index contributed by atoms with van der Waals surface area (Å²) in [6, 6.07) is 13.1. The molecule has 3 aromatic rings. The van der Waals surface area contributed by atoms with Gasteiger partial charge in [0.15, 0.2) is 10.6 Å². The highest BCUT2D eigenvalue weighted by atomic mass is 32.2. The van der Waals surface area contributed by atoms with Crippen LogP contribution in [-0.2, 0) is 23.7 Å². The Morgan fingerprint density at radius 3 is 2.23 bits per heavy atom. The molecule has 0 amide bonds. The smallest absolute Gasteiger partial charge is 0.243 e. The number of piperazine rings is 1. The van der Waals surface area contributed by atoms with Crippen molar-refractivity contribution in [3.63, 3.8) is 0 Å². The van der Waals surface area contributed by atoms with Crippen molar-refractivity contribution < 1.29 is 12.8 Å². The molecule has 0 unspecified atom stereocenters. The van der Waals surface area contributed by atoms with Gasteiger partial charge in [-0.2, -0.15) is 9.40 Å². The summed E-state index contributed by atoms with van der Waals surface area (Å²) in [6.07, 6.45) is 0. The fourth-order valence-corrected chi connectivity index (χ4v) is 5.20. The van der Waals surface area contributed by atoms with Gasteiger partial charge in [-0.05, 0) is 55.5 Å². The molecule has 0 radical (unpaired) electrons. The molecule has 7 nitrogen and oxygen atoms in total. The Labute approximate surface area is 186 Å². The Hall–Kier alpha value is -2.40. The van der Waals surface area contributed by atoms with Crippen molar-refractivity contribution in [2.75, 3.05) is 26.2 Å². The van der Waals surface area contributed by atoms with Gasteiger partial charge in [-0.15, -0.1) is 0 Å². The standard InChI is InChI=1S/C21H24FN5O2S2/c1-16-3-9-19(10-4-16)31(28,29)26-13-11-25(12-14-26)15-27-21(30)24(2)20(23-27)17-5-7-18(22)8-6-17/h3-10H,11-15H2,1-2H3. The second-order valence-electron chi connectivity index (χ2n) is 7.65. The van der Waals surface area contributed by atoms with E-state index in [-0.39, 0.29) is 5.82 Å². The molecule has 1 aliphatic rings. The molecular weight excluding hydrogens is 437 g/mol. The first-order valence-electron chi connectivity index (χ1n) is 9.94. The van der Waals surface area contributed by atoms with Crippen LogP contribution in [0.2, 0.25) is 0 Å². The van der Waals surface area contributed by atoms with Crippen LogP contribution in [0.4, 0.5) is 4.39 Å². The van der Waals surface area contributed by atoms with Gasteiger partial charge in [0.1, 0.15) is 5.82 Å². The SMILES string of the molecule is Cc1ccc(S(=O)(=O)N2CCN(Cn3nc(-c4ccc(F)cc4)n(C)c3=S)CC2)cc1. The van der Waals surface area contributed by atoms with Gasteiger partial charge in [-0.1, -0.05) is 17.7 Å². The molecule has 0 aliphatic carbocycles. The fourth-order valence-electron chi connectivity index (χ4n) is 3.59. The number of rotatable bonds is 5. The highest BCUT2D eigenvalue weighted by Crippen LogP contribution is 2.20. The molecule has 1 aromatic heterocycles. The summed E-state index contributed by atoms with van der Waals surface area (Å²) in [4.78, 5) is 2.45. The third-order valence-electron chi connectivity index (χ3n) is 5.47. The predicted molar refractivity (Wildman–Crippen MR) is 119 cm³/mol. The maximum absolute atomic E-state index is 13.2. The van der Waals surface area contributed by atoms with Crippen LogP contribution in [0, 0.1) is 17.5 Å². The minimum absolute atomic E-state index is 0.303. The van der Waals surface area contributed by atoms with Gasteiger partial charge >= 0.3 is 0 Å². The van der Waals surface area contributed by atoms with Crippen molar-refractivity contribution in [2.45, 2.75) is 18.5 Å². The molecular formula is C21H24FN5O2S2. The lowest BCUT2D eigenvalue weighted by Gasteiger charge is -2.33. The summed E-state index contributed by atoms with van der Waals surface area (Å²) in [7, 11) is -1.67. The van der Waals surface area contributed by atoms with Gasteiger partial charge < -0.3 is 4.57 Å². The summed E-state index contributed by atoms with van der Waals surface area (Å²) in [5.41, 5.74) is 1.80. The lowest BCUT2D eigenvalue weighted by molar-refractivity contribution is 0.144. The van der Waals surface area contributed by atoms with Crippen molar-refractivity contribution in [3.8, 4) is 11.4 Å². The molecule has 10 heteroatoms. The summed E-state index contributed by atoms with van der Waals surface area (Å²) in [6.45, 7) is 4.36. The summed E-state index contributed by atoms with van der Waals surface area (Å²) >= 11 is 5.52. The first-order chi connectivity index (χ1) is 14.8. The van der Waals surface area contributed by atoms with Crippen LogP contribution in [0.25, 0.3) is 11.4 Å². The molecule has 31 heavy (non-hydrogen) atoms. The molecule has 0 bridgehead atoms. The van der Waals surface area contributed by atoms with E-state index in [2.05, 4.69) is 10.00 Å². The van der Waals surface area contributed by atoms with E-state index in [9.17, 15) is 12.8 Å². The molecule has 1 aliphatic heterocycles. The number of nitrogens with zero attached hydrogens (tertiary/aromatic N) is 5. The maximum Gasteiger partial charge on any atom is 0.243 e. The van der Waals surface area contributed by atoms with E-state index >= 15 is 0 Å². The molecule has 0 saturated carbocycles. The van der Waals surface area contributed by atoms with E-state index < -0.39 is 10.0 Å². The monoisotopic (exact) mass is 461 g/mol. The van der Waals surface area contributed by atoms with Gasteiger partial charge in [0.25, 0.3) is 0 Å². The van der Waals surface area contributed by atoms with Crippen LogP contribution in [0.5, 0.6) is 0 Å². The number of sulfonamides is 1. The Bertz CT molecular complexity index is 1230. The van der Waals surface area contributed by atoms with Crippen molar-refractivity contribution in [2.24, 2.45) is 7.05 Å². The zero-order valence-electron chi connectivity index (χ0n) is 17.4. The van der Waals surface area contributed by atoms with Crippen molar-refractivity contribution in [1.82, 2.24) is 23.6 Å². The number of aromatic nitrogens is 3. The molecule has 2 aromatic carbocycles. The molecule has 2 heterocycles. The lowest BCUT2D eigenvalue weighted by atomic mass is 10.2. The van der Waals surface area contributed by atoms with E-state index in [0.717, 1.165) is 11.1 Å². The Kier molecular flexibility index (Phi) is 6.07. The third-order valence-corrected chi connectivity index (χ3v) is 7.86. The third kappa shape index (κ3) is 4.47. The topological polar surface area (TPSA) is 63.4 Å². The zero-order valence-corrected chi connectivity index (χ0v) is 19.0. The second-order valence-corrected chi connectivity index (χ2v) is 9.95. The van der Waals surface area contributed by atoms with Crippen molar-refractivity contribution in [1.29, 1.82) is 0 Å². The van der Waals surface area contributed by atoms with Crippen LogP contribution in [-0.4, -0.2) is 58.1 Å². The van der Waals surface area contributed by atoms with Gasteiger partial charge in [0.2, 0.25) is 10.0 Å². The van der Waals surface area contributed by atoms with Crippen LogP contribution < -0.4 is 0 Å². The number of benzene rings is 2. The summed E-state index contributed by atoms with van der Waals surface area (Å²) in [5.74, 6) is 0.355. The minimum Gasteiger partial charge on any atom is -0.303 e. The largest absolute Gasteiger partial charge is 0.303 e. The van der Waals surface area contributed by atoms with Crippen LogP contribution >= 0.6 is 12.2 Å². The average Bonchev–Trinajstić information content (AvgIpc) is 3.03. The first kappa shape index (κ1) is 21.8. The van der Waals surface area contributed by atoms with Crippen molar-refractivity contribution >= 4 is 22.2 Å². The number of halogens is 1. The zero-order chi connectivity index (χ0) is 22.2. The predicted octanol–water partition coefficient (Wildman–Crippen LogP) is 3.03. The Morgan fingerprint density at radius 2 is 1.61 bits per heavy atom. The fraction of sp³-hybridized carbons (Fsp3) is 0.333. The van der Waals surface area contributed by atoms with Gasteiger partial charge in [-0.3, -0.25) is 4.90 Å². The summed E-state index contributed by atoms with van der Waals surface area (Å²) < 4.78 is 44.6. The van der Waals surface area contributed by atoms with Crippen LogP contribution in [0.15, 0.2) is 53.4 Å². The maximum atomic E-state index is 13.2. The van der Waals surface area contributed by atoms with Gasteiger partial charge in [0, 0.05) is 38.8 Å². The highest BCUT2D eigenvalue weighted by Gasteiger charge is 2.28. The first-order valence-corrected chi connectivity index (χ1v) is 11.8. The van der Waals surface area contributed by atoms with E-state index in [1.165, 1.54) is 16.4 Å². The van der Waals surface area contributed by atoms with E-state index in [0.29, 0.717) is 48.3 Å². The number of aryl methyl sites for hydroxylation is 1. The lowest BCUT2D eigenvalue weighted by Crippen LogP contribution is -2.48. The Balaban J connectivity index is 1.45. The molecule has 1 saturated heterocycles. The van der Waals surface area contributed by atoms with Crippen molar-refractivity contribution in [3.05, 3.63) is 64.7 Å². The average molecular weight is 462 g/mol. The number of hydrogen-bond donors (Lipinski definition) is 0. The van der Waals surface area contributed by atoms with E-state index in [1.807, 2.05) is 26.1 Å². The Morgan fingerprint density at radius 1 is 1.00 bits per heavy atom. The quantitative estimate of drug-likeness (QED) is 0.547. The minimum atomic E-state index is -3.50. The number of hydrogen-bond acceptors (Lipinski definition) is 5. The molecule has 1 fully saturated rings. The van der Waals surface area contributed by atoms with Gasteiger partial charge in [-0.25, -0.2) is 17.5 Å².